The number of rotatable bonds is 5. The molecule has 3 aromatic rings. The molecule has 0 atom stereocenters. The van der Waals surface area contributed by atoms with Crippen molar-refractivity contribution in [3.8, 4) is 11.3 Å². The largest absolute Gasteiger partial charge is 0.441 e. The van der Waals surface area contributed by atoms with Crippen LogP contribution in [0.3, 0.4) is 0 Å². The third-order valence-corrected chi connectivity index (χ3v) is 6.19. The van der Waals surface area contributed by atoms with E-state index in [1.54, 1.807) is 12.4 Å². The molecule has 1 amide bonds. The van der Waals surface area contributed by atoms with Crippen LogP contribution in [-0.2, 0) is 14.4 Å². The van der Waals surface area contributed by atoms with Crippen molar-refractivity contribution in [1.82, 2.24) is 15.0 Å². The lowest BCUT2D eigenvalue weighted by molar-refractivity contribution is -0.231. The number of benzene rings is 1. The Bertz CT molecular complexity index is 1080. The van der Waals surface area contributed by atoms with Crippen LogP contribution in [0.15, 0.2) is 41.1 Å². The predicted molar refractivity (Wildman–Crippen MR) is 120 cm³/mol. The fourth-order valence-electron chi connectivity index (χ4n) is 4.38. The first-order valence-electron chi connectivity index (χ1n) is 11.3. The number of hydroxylamine groups is 2. The van der Waals surface area contributed by atoms with Crippen LogP contribution in [0.4, 0.5) is 5.82 Å². The average molecular weight is 437 g/mol. The number of hydrogen-bond acceptors (Lipinski definition) is 7. The SMILES string of the molecule is Cc1ncc(-c2ccc3cnc(NC(=O)[C@H]4CC[C@H](ON5CCOCC5)CC4)cc3c2)o1. The summed E-state index contributed by atoms with van der Waals surface area (Å²) >= 11 is 0. The number of fused-ring (bicyclic) bond motifs is 1. The van der Waals surface area contributed by atoms with Crippen LogP contribution in [-0.4, -0.2) is 53.3 Å². The zero-order chi connectivity index (χ0) is 21.9. The minimum atomic E-state index is -0.0134. The van der Waals surface area contributed by atoms with Gasteiger partial charge in [0.05, 0.1) is 25.5 Å². The summed E-state index contributed by atoms with van der Waals surface area (Å²) in [7, 11) is 0. The molecule has 32 heavy (non-hydrogen) atoms. The number of aromatic nitrogens is 2. The second kappa shape index (κ2) is 9.36. The van der Waals surface area contributed by atoms with Crippen molar-refractivity contribution in [3.05, 3.63) is 42.5 Å². The summed E-state index contributed by atoms with van der Waals surface area (Å²) in [4.78, 5) is 27.5. The molecule has 168 valence electrons. The molecular weight excluding hydrogens is 408 g/mol. The van der Waals surface area contributed by atoms with E-state index in [-0.39, 0.29) is 17.9 Å². The van der Waals surface area contributed by atoms with Crippen molar-refractivity contribution < 1.29 is 18.8 Å². The molecule has 8 heteroatoms. The van der Waals surface area contributed by atoms with Crippen molar-refractivity contribution in [2.24, 2.45) is 5.92 Å². The number of pyridine rings is 1. The van der Waals surface area contributed by atoms with Crippen LogP contribution in [0.1, 0.15) is 31.6 Å². The van der Waals surface area contributed by atoms with Crippen molar-refractivity contribution in [2.75, 3.05) is 31.6 Å². The highest BCUT2D eigenvalue weighted by atomic mass is 16.7. The monoisotopic (exact) mass is 436 g/mol. The third-order valence-electron chi connectivity index (χ3n) is 6.19. The normalized spacial score (nSPS) is 22.2. The summed E-state index contributed by atoms with van der Waals surface area (Å²) in [6.07, 6.45) is 7.12. The lowest BCUT2D eigenvalue weighted by Crippen LogP contribution is -2.40. The Morgan fingerprint density at radius 1 is 1.06 bits per heavy atom. The summed E-state index contributed by atoms with van der Waals surface area (Å²) in [6.45, 7) is 4.88. The molecule has 0 bridgehead atoms. The minimum absolute atomic E-state index is 0.0134. The molecule has 1 aromatic carbocycles. The molecule has 2 fully saturated rings. The Hall–Kier alpha value is -2.81. The van der Waals surface area contributed by atoms with Crippen LogP contribution in [0.2, 0.25) is 0 Å². The maximum Gasteiger partial charge on any atom is 0.228 e. The van der Waals surface area contributed by atoms with Gasteiger partial charge in [-0.3, -0.25) is 9.63 Å². The van der Waals surface area contributed by atoms with Crippen LogP contribution in [0.5, 0.6) is 0 Å². The predicted octanol–water partition coefficient (Wildman–Crippen LogP) is 3.96. The molecule has 0 unspecified atom stereocenters. The summed E-state index contributed by atoms with van der Waals surface area (Å²) in [5, 5.41) is 7.01. The summed E-state index contributed by atoms with van der Waals surface area (Å²) < 4.78 is 11.0. The second-order valence-corrected chi connectivity index (χ2v) is 8.48. The van der Waals surface area contributed by atoms with E-state index < -0.39 is 0 Å². The molecule has 2 aliphatic rings. The molecular formula is C24H28N4O4. The molecule has 1 aliphatic carbocycles. The van der Waals surface area contributed by atoms with Gasteiger partial charge in [0, 0.05) is 43.1 Å². The van der Waals surface area contributed by atoms with Gasteiger partial charge in [-0.05, 0) is 43.2 Å². The quantitative estimate of drug-likeness (QED) is 0.647. The lowest BCUT2D eigenvalue weighted by atomic mass is 9.87. The average Bonchev–Trinajstić information content (AvgIpc) is 3.26. The summed E-state index contributed by atoms with van der Waals surface area (Å²) in [6, 6.07) is 7.92. The smallest absolute Gasteiger partial charge is 0.228 e. The van der Waals surface area contributed by atoms with E-state index in [4.69, 9.17) is 14.0 Å². The highest BCUT2D eigenvalue weighted by Gasteiger charge is 2.28. The number of oxazole rings is 1. The van der Waals surface area contributed by atoms with Gasteiger partial charge in [-0.1, -0.05) is 12.1 Å². The number of aryl methyl sites for hydroxylation is 1. The number of ether oxygens (including phenoxy) is 1. The molecule has 0 radical (unpaired) electrons. The van der Waals surface area contributed by atoms with Gasteiger partial charge in [0.1, 0.15) is 5.82 Å². The molecule has 0 spiro atoms. The van der Waals surface area contributed by atoms with Gasteiger partial charge in [-0.25, -0.2) is 9.97 Å². The zero-order valence-electron chi connectivity index (χ0n) is 18.3. The fourth-order valence-corrected chi connectivity index (χ4v) is 4.38. The topological polar surface area (TPSA) is 89.7 Å². The molecule has 2 aromatic heterocycles. The number of nitrogens with one attached hydrogen (secondary N) is 1. The molecule has 1 N–H and O–H groups in total. The van der Waals surface area contributed by atoms with E-state index in [9.17, 15) is 4.79 Å². The highest BCUT2D eigenvalue weighted by molar-refractivity contribution is 5.94. The third kappa shape index (κ3) is 4.82. The van der Waals surface area contributed by atoms with E-state index in [0.29, 0.717) is 11.7 Å². The number of amides is 1. The molecule has 1 saturated heterocycles. The fraction of sp³-hybridized carbons (Fsp3) is 0.458. The van der Waals surface area contributed by atoms with Gasteiger partial charge in [0.2, 0.25) is 5.91 Å². The standard InChI is InChI=1S/C24H28N4O4/c1-16-25-15-22(31-16)18-2-3-19-14-26-23(13-20(19)12-18)27-24(29)17-4-6-21(7-5-17)32-28-8-10-30-11-9-28/h2-3,12-15,17,21H,4-11H2,1H3,(H,26,27,29)/t17-,21-. The Balaban J connectivity index is 1.20. The second-order valence-electron chi connectivity index (χ2n) is 8.48. The Morgan fingerprint density at radius 2 is 1.88 bits per heavy atom. The van der Waals surface area contributed by atoms with Crippen molar-refractivity contribution >= 4 is 22.5 Å². The number of morpholine rings is 1. The van der Waals surface area contributed by atoms with Crippen LogP contribution in [0, 0.1) is 12.8 Å². The van der Waals surface area contributed by atoms with Crippen molar-refractivity contribution in [2.45, 2.75) is 38.7 Å². The Kier molecular flexibility index (Phi) is 6.16. The molecule has 3 heterocycles. The number of carbonyl (C=O) groups excluding carboxylic acids is 1. The maximum absolute atomic E-state index is 12.8. The Labute approximate surface area is 186 Å². The van der Waals surface area contributed by atoms with Gasteiger partial charge >= 0.3 is 0 Å². The first-order valence-corrected chi connectivity index (χ1v) is 11.3. The molecule has 8 nitrogen and oxygen atoms in total. The zero-order valence-corrected chi connectivity index (χ0v) is 18.3. The Morgan fingerprint density at radius 3 is 2.62 bits per heavy atom. The van der Waals surface area contributed by atoms with Gasteiger partial charge in [-0.2, -0.15) is 5.06 Å². The highest BCUT2D eigenvalue weighted by Crippen LogP contribution is 2.29. The van der Waals surface area contributed by atoms with Crippen LogP contribution < -0.4 is 5.32 Å². The number of nitrogens with zero attached hydrogens (tertiary/aromatic N) is 3. The number of hydrogen-bond donors (Lipinski definition) is 1. The first kappa shape index (κ1) is 21.1. The van der Waals surface area contributed by atoms with Gasteiger partial charge in [0.25, 0.3) is 0 Å². The first-order chi connectivity index (χ1) is 15.6. The van der Waals surface area contributed by atoms with E-state index >= 15 is 0 Å². The molecule has 1 aliphatic heterocycles. The minimum Gasteiger partial charge on any atom is -0.441 e. The lowest BCUT2D eigenvalue weighted by Gasteiger charge is -2.33. The van der Waals surface area contributed by atoms with Crippen LogP contribution in [0.25, 0.3) is 22.1 Å². The van der Waals surface area contributed by atoms with E-state index in [1.807, 2.05) is 36.3 Å². The maximum atomic E-state index is 12.8. The number of anilines is 1. The van der Waals surface area contributed by atoms with Gasteiger partial charge < -0.3 is 14.5 Å². The summed E-state index contributed by atoms with van der Waals surface area (Å²) in [5.41, 5.74) is 0.945. The van der Waals surface area contributed by atoms with E-state index in [2.05, 4.69) is 15.3 Å². The van der Waals surface area contributed by atoms with Gasteiger partial charge in [-0.15, -0.1) is 0 Å². The van der Waals surface area contributed by atoms with E-state index in [1.165, 1.54) is 0 Å². The van der Waals surface area contributed by atoms with E-state index in [0.717, 1.165) is 74.1 Å². The summed E-state index contributed by atoms with van der Waals surface area (Å²) in [5.74, 6) is 1.94. The molecule has 5 rings (SSSR count). The van der Waals surface area contributed by atoms with Crippen molar-refractivity contribution in [3.63, 3.8) is 0 Å². The van der Waals surface area contributed by atoms with Gasteiger partial charge in [0.15, 0.2) is 11.7 Å². The molecule has 1 saturated carbocycles. The van der Waals surface area contributed by atoms with Crippen LogP contribution >= 0.6 is 0 Å². The van der Waals surface area contributed by atoms with Crippen molar-refractivity contribution in [1.29, 1.82) is 0 Å². The number of carbonyl (C=O) groups is 1.